The first-order chi connectivity index (χ1) is 6.93. The van der Waals surface area contributed by atoms with Crippen molar-refractivity contribution in [2.45, 2.75) is 18.6 Å². The first-order valence-corrected chi connectivity index (χ1v) is 5.91. The van der Waals surface area contributed by atoms with E-state index in [1.165, 1.54) is 26.4 Å². The third kappa shape index (κ3) is 3.45. The molecule has 1 aromatic heterocycles. The Hall–Kier alpha value is -1.21. The van der Waals surface area contributed by atoms with E-state index in [-0.39, 0.29) is 6.42 Å². The molecule has 84 valence electrons. The lowest BCUT2D eigenvalue weighted by Crippen LogP contribution is -2.27. The Labute approximate surface area is 88.5 Å². The van der Waals surface area contributed by atoms with E-state index in [4.69, 9.17) is 9.88 Å². The third-order valence-corrected chi connectivity index (χ3v) is 3.24. The van der Waals surface area contributed by atoms with Gasteiger partial charge in [0, 0.05) is 6.42 Å². The monoisotopic (exact) mass is 231 g/mol. The number of sulfonamides is 1. The third-order valence-electron chi connectivity index (χ3n) is 1.95. The topological polar surface area (TPSA) is 95.2 Å². The SMILES string of the molecule is COc1cnc(CC(C)S(N)(=O)=O)cn1. The standard InChI is InChI=1S/C8H13N3O3S/c1-6(15(9,12)13)3-7-4-11-8(14-2)5-10-7/h4-6H,3H2,1-2H3,(H2,9,12,13). The molecule has 0 amide bonds. The number of ether oxygens (including phenoxy) is 1. The van der Waals surface area contributed by atoms with Gasteiger partial charge in [-0.15, -0.1) is 0 Å². The highest BCUT2D eigenvalue weighted by atomic mass is 32.2. The first-order valence-electron chi connectivity index (χ1n) is 4.30. The molecule has 0 aliphatic heterocycles. The number of rotatable bonds is 4. The number of hydrogen-bond donors (Lipinski definition) is 1. The van der Waals surface area contributed by atoms with Gasteiger partial charge in [0.05, 0.1) is 30.4 Å². The van der Waals surface area contributed by atoms with Gasteiger partial charge in [-0.05, 0) is 6.92 Å². The Morgan fingerprint density at radius 2 is 2.13 bits per heavy atom. The number of hydrogen-bond acceptors (Lipinski definition) is 5. The van der Waals surface area contributed by atoms with Crippen molar-refractivity contribution >= 4 is 10.0 Å². The van der Waals surface area contributed by atoms with Gasteiger partial charge in [-0.3, -0.25) is 4.98 Å². The van der Waals surface area contributed by atoms with Crippen molar-refractivity contribution in [1.29, 1.82) is 0 Å². The van der Waals surface area contributed by atoms with Crippen molar-refractivity contribution in [3.05, 3.63) is 18.1 Å². The van der Waals surface area contributed by atoms with Crippen LogP contribution in [0.25, 0.3) is 0 Å². The van der Waals surface area contributed by atoms with E-state index in [1.54, 1.807) is 0 Å². The number of aromatic nitrogens is 2. The van der Waals surface area contributed by atoms with Crippen molar-refractivity contribution in [2.24, 2.45) is 5.14 Å². The molecule has 2 N–H and O–H groups in total. The fraction of sp³-hybridized carbons (Fsp3) is 0.500. The number of nitrogens with two attached hydrogens (primary N) is 1. The van der Waals surface area contributed by atoms with Crippen LogP contribution in [0.5, 0.6) is 5.88 Å². The zero-order chi connectivity index (χ0) is 11.5. The molecule has 7 heteroatoms. The predicted octanol–water partition coefficient (Wildman–Crippen LogP) is -0.295. The van der Waals surface area contributed by atoms with Gasteiger partial charge in [-0.25, -0.2) is 18.5 Å². The Morgan fingerprint density at radius 1 is 1.47 bits per heavy atom. The summed E-state index contributed by atoms with van der Waals surface area (Å²) >= 11 is 0. The minimum Gasteiger partial charge on any atom is -0.480 e. The normalized spacial score (nSPS) is 13.5. The fourth-order valence-electron chi connectivity index (χ4n) is 0.964. The minimum absolute atomic E-state index is 0.246. The van der Waals surface area contributed by atoms with Crippen LogP contribution in [0.3, 0.4) is 0 Å². The lowest BCUT2D eigenvalue weighted by Gasteiger charge is -2.07. The highest BCUT2D eigenvalue weighted by Gasteiger charge is 2.16. The first kappa shape index (κ1) is 11.9. The molecule has 0 bridgehead atoms. The average Bonchev–Trinajstić information content (AvgIpc) is 2.17. The zero-order valence-electron chi connectivity index (χ0n) is 8.54. The minimum atomic E-state index is -3.52. The maximum atomic E-state index is 11.0. The lowest BCUT2D eigenvalue weighted by molar-refractivity contribution is 0.395. The summed E-state index contributed by atoms with van der Waals surface area (Å²) in [4.78, 5) is 7.91. The van der Waals surface area contributed by atoms with Crippen molar-refractivity contribution in [2.75, 3.05) is 7.11 Å². The average molecular weight is 231 g/mol. The fourth-order valence-corrected chi connectivity index (χ4v) is 1.37. The van der Waals surface area contributed by atoms with Gasteiger partial charge in [0.25, 0.3) is 0 Å². The van der Waals surface area contributed by atoms with Gasteiger partial charge in [0.1, 0.15) is 0 Å². The van der Waals surface area contributed by atoms with E-state index < -0.39 is 15.3 Å². The van der Waals surface area contributed by atoms with Crippen LogP contribution in [0.2, 0.25) is 0 Å². The van der Waals surface area contributed by atoms with Gasteiger partial charge in [-0.2, -0.15) is 0 Å². The number of primary sulfonamides is 1. The highest BCUT2D eigenvalue weighted by molar-refractivity contribution is 7.89. The predicted molar refractivity (Wildman–Crippen MR) is 54.9 cm³/mol. The second-order valence-electron chi connectivity index (χ2n) is 3.15. The summed E-state index contributed by atoms with van der Waals surface area (Å²) in [6.45, 7) is 1.53. The van der Waals surface area contributed by atoms with E-state index >= 15 is 0 Å². The molecule has 0 saturated carbocycles. The molecule has 0 aliphatic carbocycles. The van der Waals surface area contributed by atoms with Crippen molar-refractivity contribution < 1.29 is 13.2 Å². The Morgan fingerprint density at radius 3 is 2.53 bits per heavy atom. The Balaban J connectivity index is 2.74. The molecule has 1 heterocycles. The van der Waals surface area contributed by atoms with Gasteiger partial charge < -0.3 is 4.74 Å². The molecule has 1 aromatic rings. The molecule has 0 aliphatic rings. The second kappa shape index (κ2) is 4.54. The van der Waals surface area contributed by atoms with Crippen LogP contribution >= 0.6 is 0 Å². The number of methoxy groups -OCH3 is 1. The molecule has 0 spiro atoms. The highest BCUT2D eigenvalue weighted by Crippen LogP contribution is 2.07. The molecule has 15 heavy (non-hydrogen) atoms. The Kier molecular flexibility index (Phi) is 3.59. The van der Waals surface area contributed by atoms with Crippen LogP contribution in [0.1, 0.15) is 12.6 Å². The summed E-state index contributed by atoms with van der Waals surface area (Å²) in [5.41, 5.74) is 0.567. The van der Waals surface area contributed by atoms with Gasteiger partial charge in [-0.1, -0.05) is 0 Å². The van der Waals surface area contributed by atoms with Crippen LogP contribution < -0.4 is 9.88 Å². The molecule has 0 fully saturated rings. The van der Waals surface area contributed by atoms with Crippen molar-refractivity contribution in [3.8, 4) is 5.88 Å². The van der Waals surface area contributed by atoms with E-state index in [1.807, 2.05) is 0 Å². The van der Waals surface area contributed by atoms with Crippen LogP contribution in [0, 0.1) is 0 Å². The van der Waals surface area contributed by atoms with E-state index in [2.05, 4.69) is 9.97 Å². The molecule has 0 radical (unpaired) electrons. The van der Waals surface area contributed by atoms with Crippen molar-refractivity contribution in [1.82, 2.24) is 9.97 Å². The van der Waals surface area contributed by atoms with E-state index in [0.717, 1.165) is 0 Å². The summed E-state index contributed by atoms with van der Waals surface area (Å²) in [6.07, 6.45) is 3.15. The molecule has 1 atom stereocenters. The molecule has 1 unspecified atom stereocenters. The van der Waals surface area contributed by atoms with Crippen LogP contribution in [-0.4, -0.2) is 30.7 Å². The molecule has 0 saturated heterocycles. The van der Waals surface area contributed by atoms with Crippen LogP contribution in [0.4, 0.5) is 0 Å². The zero-order valence-corrected chi connectivity index (χ0v) is 9.36. The Bertz CT molecular complexity index is 415. The van der Waals surface area contributed by atoms with Gasteiger partial charge in [0.15, 0.2) is 0 Å². The summed E-state index contributed by atoms with van der Waals surface area (Å²) in [5, 5.41) is 4.32. The summed E-state index contributed by atoms with van der Waals surface area (Å²) in [5.74, 6) is 0.391. The molecule has 0 aromatic carbocycles. The second-order valence-corrected chi connectivity index (χ2v) is 5.14. The lowest BCUT2D eigenvalue weighted by atomic mass is 10.2. The van der Waals surface area contributed by atoms with Gasteiger partial charge in [0.2, 0.25) is 15.9 Å². The smallest absolute Gasteiger partial charge is 0.231 e. The maximum Gasteiger partial charge on any atom is 0.231 e. The quantitative estimate of drug-likeness (QED) is 0.768. The summed E-state index contributed by atoms with van der Waals surface area (Å²) < 4.78 is 26.8. The molecular formula is C8H13N3O3S. The van der Waals surface area contributed by atoms with Crippen LogP contribution in [0.15, 0.2) is 12.4 Å². The molecular weight excluding hydrogens is 218 g/mol. The number of nitrogens with zero attached hydrogens (tertiary/aromatic N) is 2. The summed E-state index contributed by atoms with van der Waals surface area (Å²) in [6, 6.07) is 0. The van der Waals surface area contributed by atoms with Crippen molar-refractivity contribution in [3.63, 3.8) is 0 Å². The van der Waals surface area contributed by atoms with E-state index in [9.17, 15) is 8.42 Å². The molecule has 1 rings (SSSR count). The van der Waals surface area contributed by atoms with Crippen LogP contribution in [-0.2, 0) is 16.4 Å². The largest absolute Gasteiger partial charge is 0.480 e. The van der Waals surface area contributed by atoms with E-state index in [0.29, 0.717) is 11.6 Å². The van der Waals surface area contributed by atoms with Gasteiger partial charge >= 0.3 is 0 Å². The summed E-state index contributed by atoms with van der Waals surface area (Å²) in [7, 11) is -2.03. The maximum absolute atomic E-state index is 11.0. The molecule has 6 nitrogen and oxygen atoms in total.